The number of carbonyl (C=O) groups excluding carboxylic acids is 1. The van der Waals surface area contributed by atoms with Crippen LogP contribution in [-0.4, -0.2) is 30.8 Å². The first-order valence-corrected chi connectivity index (χ1v) is 10.1. The van der Waals surface area contributed by atoms with Gasteiger partial charge in [0.25, 0.3) is 11.6 Å². The lowest BCUT2D eigenvalue weighted by Crippen LogP contribution is -2.16. The molecule has 3 aromatic rings. The zero-order valence-corrected chi connectivity index (χ0v) is 17.9. The molecule has 0 radical (unpaired) electrons. The van der Waals surface area contributed by atoms with Crippen molar-refractivity contribution in [3.05, 3.63) is 61.4 Å². The first-order valence-electron chi connectivity index (χ1n) is 8.44. The van der Waals surface area contributed by atoms with Crippen molar-refractivity contribution < 1.29 is 19.2 Å². The Bertz CT molecular complexity index is 1110. The van der Waals surface area contributed by atoms with Gasteiger partial charge in [-0.3, -0.25) is 14.9 Å². The molecule has 150 valence electrons. The van der Waals surface area contributed by atoms with Gasteiger partial charge in [0.15, 0.2) is 11.5 Å². The van der Waals surface area contributed by atoms with Crippen LogP contribution in [0.4, 0.5) is 5.69 Å². The number of ether oxygens (including phenoxy) is 2. The lowest BCUT2D eigenvalue weighted by Gasteiger charge is -2.11. The number of fused-ring (bicyclic) bond motifs is 1. The second-order valence-corrected chi connectivity index (χ2v) is 7.69. The molecule has 1 N–H and O–H groups in total. The molecule has 0 saturated carbocycles. The van der Waals surface area contributed by atoms with Crippen LogP contribution in [-0.2, 0) is 0 Å². The summed E-state index contributed by atoms with van der Waals surface area (Å²) in [5, 5.41) is 15.5. The quantitative estimate of drug-likeness (QED) is 0.300. The van der Waals surface area contributed by atoms with E-state index in [9.17, 15) is 14.9 Å². The van der Waals surface area contributed by atoms with E-state index in [2.05, 4.69) is 26.5 Å². The van der Waals surface area contributed by atoms with E-state index >= 15 is 0 Å². The number of non-ortho nitro benzene ring substituents is 1. The number of hydrogen-bond acceptors (Lipinski definition) is 7. The van der Waals surface area contributed by atoms with Crippen LogP contribution in [0.1, 0.15) is 22.2 Å². The highest BCUT2D eigenvalue weighted by molar-refractivity contribution is 9.10. The molecule has 3 rings (SSSR count). The van der Waals surface area contributed by atoms with E-state index in [0.717, 1.165) is 4.70 Å². The van der Waals surface area contributed by atoms with Gasteiger partial charge in [-0.15, -0.1) is 11.3 Å². The molecule has 0 aliphatic heterocycles. The van der Waals surface area contributed by atoms with Crippen molar-refractivity contribution >= 4 is 55.2 Å². The predicted molar refractivity (Wildman–Crippen MR) is 115 cm³/mol. The van der Waals surface area contributed by atoms with E-state index in [1.807, 2.05) is 6.92 Å². The van der Waals surface area contributed by atoms with Gasteiger partial charge in [0.2, 0.25) is 0 Å². The number of benzene rings is 2. The fourth-order valence-corrected chi connectivity index (χ4v) is 4.15. The molecule has 0 saturated heterocycles. The van der Waals surface area contributed by atoms with Crippen LogP contribution in [0.25, 0.3) is 10.1 Å². The number of nitrogens with one attached hydrogen (secondary N) is 1. The summed E-state index contributed by atoms with van der Waals surface area (Å²) in [6.07, 6.45) is 1.49. The number of nitro benzene ring substituents is 1. The van der Waals surface area contributed by atoms with Gasteiger partial charge in [-0.1, -0.05) is 0 Å². The number of halogens is 1. The Kier molecular flexibility index (Phi) is 6.45. The Morgan fingerprint density at radius 2 is 2.14 bits per heavy atom. The van der Waals surface area contributed by atoms with Gasteiger partial charge in [-0.25, -0.2) is 5.43 Å². The van der Waals surface area contributed by atoms with Crippen LogP contribution >= 0.6 is 27.3 Å². The highest BCUT2D eigenvalue weighted by atomic mass is 79.9. The lowest BCUT2D eigenvalue weighted by atomic mass is 10.2. The van der Waals surface area contributed by atoms with Gasteiger partial charge in [0, 0.05) is 22.2 Å². The number of rotatable bonds is 7. The van der Waals surface area contributed by atoms with E-state index < -0.39 is 10.8 Å². The van der Waals surface area contributed by atoms with Crippen molar-refractivity contribution in [2.75, 3.05) is 13.7 Å². The van der Waals surface area contributed by atoms with Crippen LogP contribution in [0.3, 0.4) is 0 Å². The van der Waals surface area contributed by atoms with Crippen LogP contribution in [0.15, 0.2) is 46.0 Å². The van der Waals surface area contributed by atoms with Gasteiger partial charge in [-0.2, -0.15) is 5.10 Å². The maximum Gasteiger partial charge on any atom is 0.281 e. The van der Waals surface area contributed by atoms with E-state index in [-0.39, 0.29) is 5.69 Å². The molecule has 0 aliphatic rings. The predicted octanol–water partition coefficient (Wildman–Crippen LogP) is 4.74. The average Bonchev–Trinajstić information content (AvgIpc) is 3.11. The molecule has 8 nitrogen and oxygen atoms in total. The van der Waals surface area contributed by atoms with Crippen molar-refractivity contribution in [1.29, 1.82) is 0 Å². The number of thiophene rings is 1. The molecule has 0 bridgehead atoms. The van der Waals surface area contributed by atoms with Gasteiger partial charge < -0.3 is 9.47 Å². The summed E-state index contributed by atoms with van der Waals surface area (Å²) in [6, 6.07) is 9.63. The number of methoxy groups -OCH3 is 1. The largest absolute Gasteiger partial charge is 0.492 e. The molecule has 1 amide bonds. The number of nitrogens with zero attached hydrogens (tertiary/aromatic N) is 2. The summed E-state index contributed by atoms with van der Waals surface area (Å²) >= 11 is 4.66. The number of amides is 1. The van der Waals surface area contributed by atoms with Crippen LogP contribution in [0.5, 0.6) is 11.5 Å². The highest BCUT2D eigenvalue weighted by Crippen LogP contribution is 2.36. The normalized spacial score (nSPS) is 11.0. The molecule has 10 heteroatoms. The Hall–Kier alpha value is -2.98. The number of carbonyl (C=O) groups is 1. The molecule has 0 spiro atoms. The molecule has 1 aromatic heterocycles. The van der Waals surface area contributed by atoms with Gasteiger partial charge in [0.05, 0.1) is 34.2 Å². The van der Waals surface area contributed by atoms with Gasteiger partial charge in [-0.05, 0) is 52.7 Å². The zero-order chi connectivity index (χ0) is 21.0. The maximum atomic E-state index is 12.4. The van der Waals surface area contributed by atoms with Crippen molar-refractivity contribution in [2.24, 2.45) is 5.10 Å². The first-order chi connectivity index (χ1) is 13.9. The van der Waals surface area contributed by atoms with Gasteiger partial charge >= 0.3 is 0 Å². The summed E-state index contributed by atoms with van der Waals surface area (Å²) in [7, 11) is 1.55. The SMILES string of the molecule is CCOc1cc(C=NNC(=O)c2cc3cc([N+](=O)[O-])ccc3s2)cc(Br)c1OC. The number of nitro groups is 1. The fraction of sp³-hybridized carbons (Fsp3) is 0.158. The maximum absolute atomic E-state index is 12.4. The molecule has 2 aromatic carbocycles. The molecule has 0 unspecified atom stereocenters. The van der Waals surface area contributed by atoms with E-state index in [4.69, 9.17) is 9.47 Å². The minimum absolute atomic E-state index is 0.0181. The average molecular weight is 478 g/mol. The van der Waals surface area contributed by atoms with Crippen LogP contribution < -0.4 is 14.9 Å². The summed E-state index contributed by atoms with van der Waals surface area (Å²) in [5.74, 6) is 0.735. The molecule has 0 aliphatic carbocycles. The summed E-state index contributed by atoms with van der Waals surface area (Å²) in [4.78, 5) is 23.2. The van der Waals surface area contributed by atoms with Crippen LogP contribution in [0.2, 0.25) is 0 Å². The summed E-state index contributed by atoms with van der Waals surface area (Å²) in [5.41, 5.74) is 3.15. The number of hydrogen-bond donors (Lipinski definition) is 1. The Labute approximate surface area is 178 Å². The van der Waals surface area contributed by atoms with Crippen LogP contribution in [0, 0.1) is 10.1 Å². The minimum Gasteiger partial charge on any atom is -0.492 e. The standard InChI is InChI=1S/C19H16BrN3O5S/c1-3-28-15-7-11(6-14(20)18(15)27-2)10-21-22-19(24)17-9-12-8-13(23(25)26)4-5-16(12)29-17/h4-10H,3H2,1-2H3,(H,22,24). The molecular formula is C19H16BrN3O5S. The highest BCUT2D eigenvalue weighted by Gasteiger charge is 2.13. The monoisotopic (exact) mass is 477 g/mol. The first kappa shape index (κ1) is 20.7. The zero-order valence-electron chi connectivity index (χ0n) is 15.5. The second kappa shape index (κ2) is 9.01. The molecule has 29 heavy (non-hydrogen) atoms. The Morgan fingerprint density at radius 1 is 1.34 bits per heavy atom. The third-order valence-electron chi connectivity index (χ3n) is 3.85. The number of hydrazone groups is 1. The molecule has 0 atom stereocenters. The second-order valence-electron chi connectivity index (χ2n) is 5.76. The third kappa shape index (κ3) is 4.72. The van der Waals surface area contributed by atoms with E-state index in [1.165, 1.54) is 29.7 Å². The van der Waals surface area contributed by atoms with Crippen molar-refractivity contribution in [3.8, 4) is 11.5 Å². The summed E-state index contributed by atoms with van der Waals surface area (Å²) < 4.78 is 12.3. The summed E-state index contributed by atoms with van der Waals surface area (Å²) in [6.45, 7) is 2.35. The Morgan fingerprint density at radius 3 is 2.83 bits per heavy atom. The van der Waals surface area contributed by atoms with E-state index in [1.54, 1.807) is 31.4 Å². The van der Waals surface area contributed by atoms with Crippen molar-refractivity contribution in [3.63, 3.8) is 0 Å². The van der Waals surface area contributed by atoms with E-state index in [0.29, 0.717) is 38.4 Å². The topological polar surface area (TPSA) is 103 Å². The van der Waals surface area contributed by atoms with Crippen molar-refractivity contribution in [1.82, 2.24) is 5.43 Å². The Balaban J connectivity index is 1.75. The molecular weight excluding hydrogens is 462 g/mol. The minimum atomic E-state index is -0.468. The van der Waals surface area contributed by atoms with Crippen molar-refractivity contribution in [2.45, 2.75) is 6.92 Å². The third-order valence-corrected chi connectivity index (χ3v) is 5.55. The van der Waals surface area contributed by atoms with Gasteiger partial charge in [0.1, 0.15) is 0 Å². The molecule has 1 heterocycles. The lowest BCUT2D eigenvalue weighted by molar-refractivity contribution is -0.384. The smallest absolute Gasteiger partial charge is 0.281 e. The molecule has 0 fully saturated rings. The fourth-order valence-electron chi connectivity index (χ4n) is 2.60.